The summed E-state index contributed by atoms with van der Waals surface area (Å²) in [7, 11) is 0. The number of rotatable bonds is 4. The molecule has 2 rings (SSSR count). The summed E-state index contributed by atoms with van der Waals surface area (Å²) in [4.78, 5) is 24.3. The van der Waals surface area contributed by atoms with E-state index in [9.17, 15) is 9.59 Å². The molecule has 19 heavy (non-hydrogen) atoms. The van der Waals surface area contributed by atoms with E-state index < -0.39 is 5.97 Å². The Labute approximate surface area is 115 Å². The first-order valence-corrected chi connectivity index (χ1v) is 6.44. The van der Waals surface area contributed by atoms with Crippen molar-refractivity contribution in [3.8, 4) is 0 Å². The standard InChI is InChI=1S/C12H14ClN3O3/c13-10-3-2-9(14-15-10)12(19)16-6-5-8(7-16)1-4-11(17)18/h2-3,8H,1,4-7H2,(H,17,18). The molecule has 0 radical (unpaired) electrons. The number of aliphatic carboxylic acids is 1. The molecular weight excluding hydrogens is 270 g/mol. The van der Waals surface area contributed by atoms with E-state index in [0.29, 0.717) is 19.5 Å². The Morgan fingerprint density at radius 1 is 1.42 bits per heavy atom. The van der Waals surface area contributed by atoms with Crippen molar-refractivity contribution < 1.29 is 14.7 Å². The van der Waals surface area contributed by atoms with Crippen molar-refractivity contribution in [2.45, 2.75) is 19.3 Å². The van der Waals surface area contributed by atoms with Crippen molar-refractivity contribution in [3.63, 3.8) is 0 Å². The molecule has 1 aromatic heterocycles. The topological polar surface area (TPSA) is 83.4 Å². The summed E-state index contributed by atoms with van der Waals surface area (Å²) in [6, 6.07) is 3.07. The van der Waals surface area contributed by atoms with E-state index in [-0.39, 0.29) is 29.1 Å². The molecular formula is C12H14ClN3O3. The first-order chi connectivity index (χ1) is 9.06. The Morgan fingerprint density at radius 3 is 2.84 bits per heavy atom. The zero-order valence-corrected chi connectivity index (χ0v) is 11.0. The van der Waals surface area contributed by atoms with Crippen molar-refractivity contribution in [1.29, 1.82) is 0 Å². The van der Waals surface area contributed by atoms with Crippen molar-refractivity contribution in [3.05, 3.63) is 23.0 Å². The highest BCUT2D eigenvalue weighted by atomic mass is 35.5. The molecule has 0 bridgehead atoms. The second kappa shape index (κ2) is 5.97. The quantitative estimate of drug-likeness (QED) is 0.904. The maximum atomic E-state index is 12.1. The van der Waals surface area contributed by atoms with Crippen LogP contribution in [0.25, 0.3) is 0 Å². The van der Waals surface area contributed by atoms with E-state index in [2.05, 4.69) is 10.2 Å². The zero-order chi connectivity index (χ0) is 13.8. The van der Waals surface area contributed by atoms with Gasteiger partial charge in [0.1, 0.15) is 0 Å². The number of hydrogen-bond donors (Lipinski definition) is 1. The van der Waals surface area contributed by atoms with Gasteiger partial charge in [-0.15, -0.1) is 10.2 Å². The van der Waals surface area contributed by atoms with E-state index in [1.54, 1.807) is 11.0 Å². The minimum absolute atomic E-state index is 0.146. The molecule has 1 fully saturated rings. The Balaban J connectivity index is 1.91. The summed E-state index contributed by atoms with van der Waals surface area (Å²) in [6.45, 7) is 1.21. The third kappa shape index (κ3) is 3.64. The van der Waals surface area contributed by atoms with Crippen LogP contribution in [0, 0.1) is 5.92 Å². The number of halogens is 1. The van der Waals surface area contributed by atoms with Gasteiger partial charge in [-0.2, -0.15) is 0 Å². The van der Waals surface area contributed by atoms with E-state index in [1.165, 1.54) is 6.07 Å². The van der Waals surface area contributed by atoms with Crippen LogP contribution in [0.15, 0.2) is 12.1 Å². The fourth-order valence-corrected chi connectivity index (χ4v) is 2.27. The van der Waals surface area contributed by atoms with Crippen molar-refractivity contribution in [1.82, 2.24) is 15.1 Å². The molecule has 1 aromatic rings. The summed E-state index contributed by atoms with van der Waals surface area (Å²) < 4.78 is 0. The Bertz CT molecular complexity index is 478. The number of carbonyl (C=O) groups excluding carboxylic acids is 1. The van der Waals surface area contributed by atoms with Gasteiger partial charge < -0.3 is 10.0 Å². The van der Waals surface area contributed by atoms with Gasteiger partial charge >= 0.3 is 5.97 Å². The summed E-state index contributed by atoms with van der Waals surface area (Å²) in [5.74, 6) is -0.726. The minimum Gasteiger partial charge on any atom is -0.481 e. The molecule has 102 valence electrons. The molecule has 0 spiro atoms. The largest absolute Gasteiger partial charge is 0.481 e. The van der Waals surface area contributed by atoms with Crippen LogP contribution in [0.1, 0.15) is 29.8 Å². The van der Waals surface area contributed by atoms with Gasteiger partial charge in [-0.25, -0.2) is 0 Å². The van der Waals surface area contributed by atoms with E-state index >= 15 is 0 Å². The molecule has 1 aliphatic heterocycles. The molecule has 1 atom stereocenters. The summed E-state index contributed by atoms with van der Waals surface area (Å²) in [5, 5.41) is 16.3. The number of likely N-dealkylation sites (tertiary alicyclic amines) is 1. The van der Waals surface area contributed by atoms with Gasteiger partial charge in [-0.3, -0.25) is 9.59 Å². The number of aromatic nitrogens is 2. The molecule has 6 nitrogen and oxygen atoms in total. The predicted molar refractivity (Wildman–Crippen MR) is 67.9 cm³/mol. The number of hydrogen-bond acceptors (Lipinski definition) is 4. The fraction of sp³-hybridized carbons (Fsp3) is 0.500. The highest BCUT2D eigenvalue weighted by Crippen LogP contribution is 2.22. The maximum absolute atomic E-state index is 12.1. The van der Waals surface area contributed by atoms with Crippen LogP contribution in [0.3, 0.4) is 0 Å². The van der Waals surface area contributed by atoms with Gasteiger partial charge in [0.25, 0.3) is 5.91 Å². The first kappa shape index (κ1) is 13.7. The smallest absolute Gasteiger partial charge is 0.303 e. The van der Waals surface area contributed by atoms with E-state index in [4.69, 9.17) is 16.7 Å². The number of carboxylic acids is 1. The molecule has 0 aromatic carbocycles. The van der Waals surface area contributed by atoms with Gasteiger partial charge in [0.15, 0.2) is 10.8 Å². The second-order valence-corrected chi connectivity index (χ2v) is 4.97. The Hall–Kier alpha value is -1.69. The van der Waals surface area contributed by atoms with Gasteiger partial charge in [0.2, 0.25) is 0 Å². The van der Waals surface area contributed by atoms with Crippen molar-refractivity contribution in [2.24, 2.45) is 5.92 Å². The summed E-state index contributed by atoms with van der Waals surface area (Å²) in [6.07, 6.45) is 1.58. The van der Waals surface area contributed by atoms with Crippen LogP contribution in [-0.4, -0.2) is 45.2 Å². The molecule has 2 heterocycles. The molecule has 1 unspecified atom stereocenters. The van der Waals surface area contributed by atoms with Crippen LogP contribution >= 0.6 is 11.6 Å². The summed E-state index contributed by atoms with van der Waals surface area (Å²) >= 11 is 5.62. The SMILES string of the molecule is O=C(O)CCC1CCN(C(=O)c2ccc(Cl)nn2)C1. The highest BCUT2D eigenvalue weighted by Gasteiger charge is 2.27. The van der Waals surface area contributed by atoms with E-state index in [0.717, 1.165) is 6.42 Å². The third-order valence-corrected chi connectivity index (χ3v) is 3.39. The first-order valence-electron chi connectivity index (χ1n) is 6.06. The van der Waals surface area contributed by atoms with Crippen LogP contribution in [0.5, 0.6) is 0 Å². The molecule has 0 saturated carbocycles. The summed E-state index contributed by atoms with van der Waals surface area (Å²) in [5.41, 5.74) is 0.267. The third-order valence-electron chi connectivity index (χ3n) is 3.19. The average Bonchev–Trinajstić information content (AvgIpc) is 2.85. The monoisotopic (exact) mass is 283 g/mol. The number of carbonyl (C=O) groups is 2. The van der Waals surface area contributed by atoms with Gasteiger partial charge in [-0.1, -0.05) is 11.6 Å². The lowest BCUT2D eigenvalue weighted by molar-refractivity contribution is -0.137. The molecule has 1 saturated heterocycles. The van der Waals surface area contributed by atoms with Crippen LogP contribution in [0.2, 0.25) is 5.15 Å². The van der Waals surface area contributed by atoms with Crippen molar-refractivity contribution in [2.75, 3.05) is 13.1 Å². The van der Waals surface area contributed by atoms with Gasteiger partial charge in [0, 0.05) is 19.5 Å². The fourth-order valence-electron chi connectivity index (χ4n) is 2.17. The van der Waals surface area contributed by atoms with Crippen molar-refractivity contribution >= 4 is 23.5 Å². The van der Waals surface area contributed by atoms with Gasteiger partial charge in [-0.05, 0) is 30.9 Å². The molecule has 0 aliphatic carbocycles. The van der Waals surface area contributed by atoms with Crippen LogP contribution in [0.4, 0.5) is 0 Å². The highest BCUT2D eigenvalue weighted by molar-refractivity contribution is 6.29. The molecule has 1 amide bonds. The Kier molecular flexibility index (Phi) is 4.31. The minimum atomic E-state index is -0.798. The maximum Gasteiger partial charge on any atom is 0.303 e. The average molecular weight is 284 g/mol. The predicted octanol–water partition coefficient (Wildman–Crippen LogP) is 1.46. The number of nitrogens with zero attached hydrogens (tertiary/aromatic N) is 3. The molecule has 1 N–H and O–H groups in total. The van der Waals surface area contributed by atoms with E-state index in [1.807, 2.05) is 0 Å². The lowest BCUT2D eigenvalue weighted by Gasteiger charge is -2.15. The van der Waals surface area contributed by atoms with Crippen LogP contribution in [-0.2, 0) is 4.79 Å². The van der Waals surface area contributed by atoms with Gasteiger partial charge in [0.05, 0.1) is 0 Å². The lowest BCUT2D eigenvalue weighted by atomic mass is 10.0. The lowest BCUT2D eigenvalue weighted by Crippen LogP contribution is -2.29. The Morgan fingerprint density at radius 2 is 2.21 bits per heavy atom. The number of amides is 1. The van der Waals surface area contributed by atoms with Crippen LogP contribution < -0.4 is 0 Å². The number of carboxylic acid groups (broad SMARTS) is 1. The normalized spacial score (nSPS) is 18.6. The zero-order valence-electron chi connectivity index (χ0n) is 10.3. The molecule has 7 heteroatoms. The second-order valence-electron chi connectivity index (χ2n) is 4.58. The molecule has 1 aliphatic rings.